The second kappa shape index (κ2) is 9.35. The number of hydrogen-bond acceptors (Lipinski definition) is 9. The van der Waals surface area contributed by atoms with E-state index in [1.807, 2.05) is 0 Å². The molecule has 14 heteroatoms. The van der Waals surface area contributed by atoms with Crippen LogP contribution in [0.25, 0.3) is 11.3 Å². The Morgan fingerprint density at radius 2 is 2.03 bits per heavy atom. The zero-order valence-electron chi connectivity index (χ0n) is 17.6. The van der Waals surface area contributed by atoms with Gasteiger partial charge in [0, 0.05) is 12.7 Å². The molecule has 0 aliphatic carbocycles. The molecule has 4 rings (SSSR count). The van der Waals surface area contributed by atoms with Gasteiger partial charge in [-0.15, -0.1) is 13.2 Å². The van der Waals surface area contributed by atoms with Gasteiger partial charge < -0.3 is 24.0 Å². The zero-order chi connectivity index (χ0) is 24.3. The standard InChI is InChI=1S/C20H17F3N6O5/c1-31-9-13-10-32-16(26-13)8-29-25-7-12(28-29)6-15-27-17(19(24)30)18(33-15)11-3-2-4-14(5-11)34-20(21,22)23/h2-5,7,10H,6,8-9H2,1H3,(H2,24,30). The van der Waals surface area contributed by atoms with Gasteiger partial charge >= 0.3 is 6.36 Å². The highest BCUT2D eigenvalue weighted by Gasteiger charge is 2.31. The molecule has 0 unspecified atom stereocenters. The molecule has 0 saturated heterocycles. The number of carbonyl (C=O) groups is 1. The molecule has 3 aromatic heterocycles. The lowest BCUT2D eigenvalue weighted by Crippen LogP contribution is -2.17. The molecule has 0 fully saturated rings. The molecule has 3 heterocycles. The monoisotopic (exact) mass is 478 g/mol. The Kier molecular flexibility index (Phi) is 6.32. The minimum Gasteiger partial charge on any atom is -0.446 e. The van der Waals surface area contributed by atoms with Gasteiger partial charge in [0.1, 0.15) is 24.3 Å². The molecule has 0 aliphatic rings. The first-order valence-electron chi connectivity index (χ1n) is 9.67. The van der Waals surface area contributed by atoms with E-state index in [-0.39, 0.29) is 35.9 Å². The number of rotatable bonds is 9. The van der Waals surface area contributed by atoms with Crippen LogP contribution in [-0.4, -0.2) is 44.3 Å². The lowest BCUT2D eigenvalue weighted by molar-refractivity contribution is -0.274. The summed E-state index contributed by atoms with van der Waals surface area (Å²) in [5, 5.41) is 8.40. The number of aromatic nitrogens is 5. The van der Waals surface area contributed by atoms with Crippen molar-refractivity contribution in [1.82, 2.24) is 25.0 Å². The van der Waals surface area contributed by atoms with E-state index in [1.54, 1.807) is 7.11 Å². The number of primary amides is 1. The van der Waals surface area contributed by atoms with Crippen molar-refractivity contribution in [2.24, 2.45) is 5.73 Å². The number of nitrogens with zero attached hydrogens (tertiary/aromatic N) is 5. The maximum Gasteiger partial charge on any atom is 0.573 e. The topological polar surface area (TPSA) is 144 Å². The van der Waals surface area contributed by atoms with Crippen molar-refractivity contribution in [2.45, 2.75) is 25.9 Å². The van der Waals surface area contributed by atoms with E-state index in [9.17, 15) is 18.0 Å². The minimum absolute atomic E-state index is 0.0412. The lowest BCUT2D eigenvalue weighted by Gasteiger charge is -2.09. The van der Waals surface area contributed by atoms with Gasteiger partial charge in [0.2, 0.25) is 11.8 Å². The van der Waals surface area contributed by atoms with Crippen molar-refractivity contribution >= 4 is 5.91 Å². The fourth-order valence-electron chi connectivity index (χ4n) is 3.04. The number of nitrogens with two attached hydrogens (primary N) is 1. The number of carbonyl (C=O) groups excluding carboxylic acids is 1. The number of alkyl halides is 3. The van der Waals surface area contributed by atoms with E-state index < -0.39 is 18.0 Å². The van der Waals surface area contributed by atoms with Crippen LogP contribution in [0.15, 0.2) is 45.6 Å². The molecular weight excluding hydrogens is 461 g/mol. The first-order valence-corrected chi connectivity index (χ1v) is 9.67. The maximum absolute atomic E-state index is 12.5. The number of halogens is 3. The predicted molar refractivity (Wildman–Crippen MR) is 106 cm³/mol. The van der Waals surface area contributed by atoms with Crippen molar-refractivity contribution in [3.63, 3.8) is 0 Å². The van der Waals surface area contributed by atoms with Gasteiger partial charge in [0.05, 0.1) is 24.9 Å². The average Bonchev–Trinajstić information content (AvgIpc) is 3.48. The van der Waals surface area contributed by atoms with Gasteiger partial charge in [-0.2, -0.15) is 15.0 Å². The van der Waals surface area contributed by atoms with Gasteiger partial charge in [-0.05, 0) is 12.1 Å². The summed E-state index contributed by atoms with van der Waals surface area (Å²) in [6.45, 7) is 0.473. The highest BCUT2D eigenvalue weighted by molar-refractivity contribution is 5.96. The number of methoxy groups -OCH3 is 1. The molecule has 0 spiro atoms. The summed E-state index contributed by atoms with van der Waals surface area (Å²) in [6.07, 6.45) is -1.90. The Hall–Kier alpha value is -4.20. The third-order valence-electron chi connectivity index (χ3n) is 4.32. The fourth-order valence-corrected chi connectivity index (χ4v) is 3.04. The van der Waals surface area contributed by atoms with E-state index in [0.717, 1.165) is 12.1 Å². The van der Waals surface area contributed by atoms with E-state index in [2.05, 4.69) is 24.9 Å². The van der Waals surface area contributed by atoms with Gasteiger partial charge in [-0.1, -0.05) is 12.1 Å². The summed E-state index contributed by atoms with van der Waals surface area (Å²) in [5.74, 6) is -1.04. The fraction of sp³-hybridized carbons (Fsp3) is 0.250. The summed E-state index contributed by atoms with van der Waals surface area (Å²) in [5.41, 5.74) is 6.35. The summed E-state index contributed by atoms with van der Waals surface area (Å²) in [7, 11) is 1.54. The SMILES string of the molecule is COCc1coc(Cn2ncc(Cc3nc(C(N)=O)c(-c4cccc(OC(F)(F)F)c4)o3)n2)n1. The largest absolute Gasteiger partial charge is 0.573 e. The second-order valence-electron chi connectivity index (χ2n) is 6.93. The molecule has 4 aromatic rings. The third kappa shape index (κ3) is 5.58. The molecule has 34 heavy (non-hydrogen) atoms. The molecule has 0 radical (unpaired) electrons. The van der Waals surface area contributed by atoms with E-state index in [1.165, 1.54) is 29.4 Å². The van der Waals surface area contributed by atoms with Crippen molar-refractivity contribution in [1.29, 1.82) is 0 Å². The number of oxazole rings is 2. The van der Waals surface area contributed by atoms with Crippen LogP contribution in [0.2, 0.25) is 0 Å². The van der Waals surface area contributed by atoms with E-state index in [4.69, 9.17) is 19.3 Å². The van der Waals surface area contributed by atoms with Crippen molar-refractivity contribution < 1.29 is 36.3 Å². The smallest absolute Gasteiger partial charge is 0.446 e. The normalized spacial score (nSPS) is 11.6. The Labute approximate surface area is 189 Å². The van der Waals surface area contributed by atoms with Crippen LogP contribution in [0.4, 0.5) is 13.2 Å². The Morgan fingerprint density at radius 1 is 1.21 bits per heavy atom. The maximum atomic E-state index is 12.5. The molecule has 2 N–H and O–H groups in total. The highest BCUT2D eigenvalue weighted by atomic mass is 19.4. The van der Waals surface area contributed by atoms with Gasteiger partial charge in [0.25, 0.3) is 5.91 Å². The summed E-state index contributed by atoms with van der Waals surface area (Å²) >= 11 is 0. The Balaban J connectivity index is 1.52. The van der Waals surface area contributed by atoms with Crippen LogP contribution in [0.5, 0.6) is 5.75 Å². The van der Waals surface area contributed by atoms with Crippen LogP contribution < -0.4 is 10.5 Å². The number of hydrogen-bond donors (Lipinski definition) is 1. The number of amides is 1. The molecule has 178 valence electrons. The van der Waals surface area contributed by atoms with Crippen LogP contribution in [0.1, 0.15) is 33.7 Å². The molecule has 11 nitrogen and oxygen atoms in total. The predicted octanol–water partition coefficient (Wildman–Crippen LogP) is 2.70. The molecule has 1 amide bonds. The molecule has 1 aromatic carbocycles. The summed E-state index contributed by atoms with van der Waals surface area (Å²) in [4.78, 5) is 21.5. The number of ether oxygens (including phenoxy) is 2. The molecule has 0 atom stereocenters. The lowest BCUT2D eigenvalue weighted by atomic mass is 10.1. The zero-order valence-corrected chi connectivity index (χ0v) is 17.6. The first-order chi connectivity index (χ1) is 16.2. The van der Waals surface area contributed by atoms with Crippen LogP contribution >= 0.6 is 0 Å². The summed E-state index contributed by atoms with van der Waals surface area (Å²) < 4.78 is 57.5. The van der Waals surface area contributed by atoms with Crippen LogP contribution in [-0.2, 0) is 24.3 Å². The van der Waals surface area contributed by atoms with E-state index >= 15 is 0 Å². The quantitative estimate of drug-likeness (QED) is 0.384. The molecule has 0 bridgehead atoms. The molecule has 0 aliphatic heterocycles. The van der Waals surface area contributed by atoms with Crippen molar-refractivity contribution in [3.05, 3.63) is 65.6 Å². The second-order valence-corrected chi connectivity index (χ2v) is 6.93. The summed E-state index contributed by atoms with van der Waals surface area (Å²) in [6, 6.07) is 4.93. The van der Waals surface area contributed by atoms with Crippen molar-refractivity contribution in [2.75, 3.05) is 7.11 Å². The molecular formula is C20H17F3N6O5. The highest BCUT2D eigenvalue weighted by Crippen LogP contribution is 2.31. The minimum atomic E-state index is -4.87. The molecule has 0 saturated carbocycles. The first kappa shape index (κ1) is 23.0. The van der Waals surface area contributed by atoms with Gasteiger partial charge in [0.15, 0.2) is 11.5 Å². The number of benzene rings is 1. The average molecular weight is 478 g/mol. The van der Waals surface area contributed by atoms with Crippen LogP contribution in [0.3, 0.4) is 0 Å². The van der Waals surface area contributed by atoms with Crippen LogP contribution in [0, 0.1) is 0 Å². The van der Waals surface area contributed by atoms with Gasteiger partial charge in [-0.25, -0.2) is 9.97 Å². The van der Waals surface area contributed by atoms with Gasteiger partial charge in [-0.3, -0.25) is 4.79 Å². The Morgan fingerprint density at radius 3 is 2.76 bits per heavy atom. The van der Waals surface area contributed by atoms with E-state index in [0.29, 0.717) is 23.9 Å². The van der Waals surface area contributed by atoms with Crippen molar-refractivity contribution in [3.8, 4) is 17.1 Å². The third-order valence-corrected chi connectivity index (χ3v) is 4.32. The Bertz CT molecular complexity index is 1300.